The van der Waals surface area contributed by atoms with Crippen LogP contribution in [0.3, 0.4) is 0 Å². The highest BCUT2D eigenvalue weighted by Crippen LogP contribution is 2.12. The van der Waals surface area contributed by atoms with Crippen molar-refractivity contribution >= 4 is 47.3 Å². The van der Waals surface area contributed by atoms with Crippen LogP contribution in [-0.4, -0.2) is 271 Å². The Labute approximate surface area is 445 Å². The van der Waals surface area contributed by atoms with Crippen LogP contribution in [0, 0.1) is 0 Å². The molecule has 2 amide bonds. The summed E-state index contributed by atoms with van der Waals surface area (Å²) in [5, 5.41) is 71.3. The minimum absolute atomic E-state index is 0.0110. The number of epoxide rings is 2. The van der Waals surface area contributed by atoms with Gasteiger partial charge in [0.05, 0.1) is 118 Å². The molecule has 2 rings (SSSR count). The van der Waals surface area contributed by atoms with E-state index in [9.17, 15) is 49.8 Å². The van der Waals surface area contributed by atoms with Crippen molar-refractivity contribution in [3.8, 4) is 0 Å². The van der Waals surface area contributed by atoms with Crippen LogP contribution in [0.2, 0.25) is 0 Å². The number of ether oxygens (including phenoxy) is 10. The summed E-state index contributed by atoms with van der Waals surface area (Å²) in [5.41, 5.74) is 0. The fourth-order valence-corrected chi connectivity index (χ4v) is 8.05. The molecule has 2 saturated heterocycles. The molecule has 0 saturated carbocycles. The summed E-state index contributed by atoms with van der Waals surface area (Å²) in [4.78, 5) is 48.4. The number of esters is 2. The Bertz CT molecular complexity index is 1300. The van der Waals surface area contributed by atoms with Gasteiger partial charge in [-0.1, -0.05) is 0 Å². The van der Waals surface area contributed by atoms with Gasteiger partial charge < -0.3 is 99.3 Å². The van der Waals surface area contributed by atoms with E-state index < -0.39 is 36.6 Å². The molecule has 434 valence electrons. The fourth-order valence-electron chi connectivity index (χ4n) is 6.16. The number of carbonyl (C=O) groups is 4. The maximum atomic E-state index is 12.1. The Morgan fingerprint density at radius 3 is 1.27 bits per heavy atom. The number of carbonyl (C=O) groups excluding carboxylic acids is 4. The predicted octanol–water partition coefficient (Wildman–Crippen LogP) is -2.09. The van der Waals surface area contributed by atoms with Crippen molar-refractivity contribution in [2.75, 3.05) is 168 Å². The van der Waals surface area contributed by atoms with Crippen molar-refractivity contribution in [1.29, 1.82) is 0 Å². The van der Waals surface area contributed by atoms with Crippen LogP contribution in [0.25, 0.3) is 0 Å². The maximum absolute atomic E-state index is 12.1. The molecule has 10 N–H and O–H groups in total. The number of unbranched alkanes of at least 4 members (excludes halogenated alkanes) is 2. The smallest absolute Gasteiger partial charge is 0.305 e. The van der Waals surface area contributed by atoms with E-state index in [1.54, 1.807) is 23.5 Å². The van der Waals surface area contributed by atoms with Crippen molar-refractivity contribution in [2.45, 2.75) is 113 Å². The second-order valence-corrected chi connectivity index (χ2v) is 20.3. The van der Waals surface area contributed by atoms with E-state index >= 15 is 0 Å². The Kier molecular flexibility index (Phi) is 43.2. The molecule has 0 aromatic heterocycles. The largest absolute Gasteiger partial charge is 0.466 e. The van der Waals surface area contributed by atoms with Gasteiger partial charge in [0.25, 0.3) is 0 Å². The lowest BCUT2D eigenvalue weighted by molar-refractivity contribution is -0.145. The van der Waals surface area contributed by atoms with Crippen LogP contribution in [0.5, 0.6) is 0 Å². The number of thioether (sulfide) groups is 2. The fraction of sp³-hybridized carbons (Fsp3) is 0.917. The molecular formula is C48H90N4O20S2. The van der Waals surface area contributed by atoms with Crippen LogP contribution in [-0.2, 0) is 66.5 Å². The molecule has 2 heterocycles. The van der Waals surface area contributed by atoms with Gasteiger partial charge in [-0.3, -0.25) is 19.2 Å². The van der Waals surface area contributed by atoms with Gasteiger partial charge in [0.15, 0.2) is 0 Å². The van der Waals surface area contributed by atoms with Gasteiger partial charge in [0.2, 0.25) is 11.8 Å². The second kappa shape index (κ2) is 47.0. The number of aliphatic hydroxyl groups excluding tert-OH is 6. The summed E-state index contributed by atoms with van der Waals surface area (Å²) >= 11 is 3.32. The molecule has 24 nitrogen and oxygen atoms in total. The van der Waals surface area contributed by atoms with Crippen molar-refractivity contribution < 1.29 is 97.2 Å². The number of amides is 2. The van der Waals surface area contributed by atoms with Gasteiger partial charge in [0.1, 0.15) is 36.6 Å². The molecule has 74 heavy (non-hydrogen) atoms. The van der Waals surface area contributed by atoms with E-state index in [1.165, 1.54) is 0 Å². The molecule has 2 fully saturated rings. The molecule has 0 aliphatic carbocycles. The van der Waals surface area contributed by atoms with Crippen molar-refractivity contribution in [3.05, 3.63) is 0 Å². The van der Waals surface area contributed by atoms with E-state index in [0.29, 0.717) is 89.8 Å². The first kappa shape index (κ1) is 68.0. The van der Waals surface area contributed by atoms with Crippen LogP contribution < -0.4 is 21.3 Å². The van der Waals surface area contributed by atoms with E-state index in [4.69, 9.17) is 47.4 Å². The third-order valence-corrected chi connectivity index (χ3v) is 12.8. The van der Waals surface area contributed by atoms with Gasteiger partial charge in [-0.15, -0.1) is 0 Å². The standard InChI is InChI=1S/C48H90N4O20S2/c53-23-41(31-65-33-43-35-71-43)69-29-39(57)27-63-25-37(55)7-17-67-47(61)5-1-3-19-73-21-9-45(59)51-15-13-49-11-12-50-14-16-52-46(60)10-22-74-20-4-2-6-48(62)68-18-8-38(56)26-64-28-40(58)30-70-42(24-54)32-66-34-44-36-72-44/h37-44,49-50,53-58H,1-36H2,(H,51,59)(H,52,60). The van der Waals surface area contributed by atoms with Gasteiger partial charge in [0, 0.05) is 89.3 Å². The van der Waals surface area contributed by atoms with Crippen LogP contribution in [0.15, 0.2) is 0 Å². The lowest BCUT2D eigenvalue weighted by atomic mass is 10.2. The average molecular weight is 1110 g/mol. The molecule has 0 radical (unpaired) electrons. The Morgan fingerprint density at radius 2 is 0.878 bits per heavy atom. The quantitative estimate of drug-likeness (QED) is 0.0177. The van der Waals surface area contributed by atoms with Crippen LogP contribution in [0.1, 0.15) is 64.2 Å². The molecule has 0 aromatic carbocycles. The number of hydrogen-bond donors (Lipinski definition) is 10. The third kappa shape index (κ3) is 44.0. The summed E-state index contributed by atoms with van der Waals surface area (Å²) in [6.45, 7) is 5.66. The predicted molar refractivity (Wildman–Crippen MR) is 275 cm³/mol. The molecule has 2 aliphatic rings. The highest BCUT2D eigenvalue weighted by molar-refractivity contribution is 7.99. The monoisotopic (exact) mass is 1110 g/mol. The van der Waals surface area contributed by atoms with Gasteiger partial charge >= 0.3 is 11.9 Å². The maximum Gasteiger partial charge on any atom is 0.305 e. The minimum Gasteiger partial charge on any atom is -0.466 e. The normalized spacial score (nSPS) is 17.5. The molecule has 2 aliphatic heterocycles. The SMILES string of the molecule is O=C(CCSCCCCC(=O)OCCC(O)COCC(O)COC(CO)COCC1CO1)NCCNCCNCCNC(=O)CCSCCCCC(=O)OCCC(O)COCC(O)COC(CO)COCC1CO1. The highest BCUT2D eigenvalue weighted by Gasteiger charge is 2.24. The second-order valence-electron chi connectivity index (χ2n) is 17.8. The van der Waals surface area contributed by atoms with Gasteiger partial charge in [-0.25, -0.2) is 0 Å². The minimum atomic E-state index is -0.942. The Hall–Kier alpha value is -2.06. The molecule has 0 spiro atoms. The lowest BCUT2D eigenvalue weighted by Gasteiger charge is -2.19. The Balaban J connectivity index is 1.25. The molecule has 8 unspecified atom stereocenters. The zero-order valence-corrected chi connectivity index (χ0v) is 44.9. The highest BCUT2D eigenvalue weighted by atomic mass is 32.2. The summed E-state index contributed by atoms with van der Waals surface area (Å²) in [5.74, 6) is 2.33. The zero-order chi connectivity index (χ0) is 53.7. The van der Waals surface area contributed by atoms with E-state index in [0.717, 1.165) is 37.4 Å². The van der Waals surface area contributed by atoms with Gasteiger partial charge in [-0.05, 0) is 37.2 Å². The first-order chi connectivity index (χ1) is 36.0. The molecule has 0 bridgehead atoms. The number of hydrogen-bond acceptors (Lipinski definition) is 24. The molecule has 8 atom stereocenters. The van der Waals surface area contributed by atoms with Crippen molar-refractivity contribution in [2.24, 2.45) is 0 Å². The zero-order valence-electron chi connectivity index (χ0n) is 43.3. The summed E-state index contributed by atoms with van der Waals surface area (Å²) < 4.78 is 52.8. The lowest BCUT2D eigenvalue weighted by Crippen LogP contribution is -2.37. The molecular weight excluding hydrogens is 1020 g/mol. The van der Waals surface area contributed by atoms with Crippen molar-refractivity contribution in [3.63, 3.8) is 0 Å². The topological polar surface area (TPSA) is 337 Å². The first-order valence-corrected chi connectivity index (χ1v) is 28.4. The van der Waals surface area contributed by atoms with E-state index in [-0.39, 0.29) is 141 Å². The van der Waals surface area contributed by atoms with E-state index in [2.05, 4.69) is 21.3 Å². The van der Waals surface area contributed by atoms with E-state index in [1.807, 2.05) is 0 Å². The van der Waals surface area contributed by atoms with Crippen LogP contribution >= 0.6 is 23.5 Å². The average Bonchev–Trinajstić information content (AvgIpc) is 4.34. The third-order valence-electron chi connectivity index (χ3n) is 10.7. The summed E-state index contributed by atoms with van der Waals surface area (Å²) in [7, 11) is 0. The number of aliphatic hydroxyl groups is 6. The summed E-state index contributed by atoms with van der Waals surface area (Å²) in [6, 6.07) is 0. The van der Waals surface area contributed by atoms with Crippen LogP contribution in [0.4, 0.5) is 0 Å². The first-order valence-electron chi connectivity index (χ1n) is 26.1. The van der Waals surface area contributed by atoms with Gasteiger partial charge in [-0.2, -0.15) is 23.5 Å². The number of rotatable bonds is 55. The molecule has 26 heteroatoms. The summed E-state index contributed by atoms with van der Waals surface area (Å²) in [6.07, 6.45) is 0.210. The van der Waals surface area contributed by atoms with Crippen molar-refractivity contribution in [1.82, 2.24) is 21.3 Å². The molecule has 0 aromatic rings. The number of nitrogens with one attached hydrogen (secondary N) is 4. The Morgan fingerprint density at radius 1 is 0.486 bits per heavy atom.